The van der Waals surface area contributed by atoms with Gasteiger partial charge in [0.15, 0.2) is 5.96 Å². The molecule has 4 nitrogen and oxygen atoms in total. The standard InChI is InChI=1S/C12H18ClN3O/c1-17-8-7-16-12(14)15-6-5-10-3-2-4-11(13)9-10/h2-4,9H,5-8H2,1H3,(H3,14,15,16). The van der Waals surface area contributed by atoms with Crippen LogP contribution in [0.3, 0.4) is 0 Å². The summed E-state index contributed by atoms with van der Waals surface area (Å²) in [6.07, 6.45) is 0.862. The summed E-state index contributed by atoms with van der Waals surface area (Å²) in [5, 5.41) is 3.79. The first kappa shape index (κ1) is 13.8. The van der Waals surface area contributed by atoms with Crippen LogP contribution in [-0.2, 0) is 11.2 Å². The normalized spacial score (nSPS) is 11.5. The van der Waals surface area contributed by atoms with Gasteiger partial charge in [-0.1, -0.05) is 23.7 Å². The number of guanidine groups is 1. The number of halogens is 1. The molecule has 0 heterocycles. The fourth-order valence-electron chi connectivity index (χ4n) is 1.34. The van der Waals surface area contributed by atoms with E-state index in [-0.39, 0.29) is 0 Å². The van der Waals surface area contributed by atoms with Crippen LogP contribution < -0.4 is 11.1 Å². The number of hydrogen-bond donors (Lipinski definition) is 2. The number of aliphatic imine (C=N–C) groups is 1. The van der Waals surface area contributed by atoms with Crippen molar-refractivity contribution in [2.75, 3.05) is 26.8 Å². The molecular weight excluding hydrogens is 238 g/mol. The molecule has 0 amide bonds. The first-order valence-corrected chi connectivity index (χ1v) is 5.87. The zero-order valence-corrected chi connectivity index (χ0v) is 10.7. The fourth-order valence-corrected chi connectivity index (χ4v) is 1.55. The molecule has 0 aliphatic rings. The monoisotopic (exact) mass is 255 g/mol. The molecule has 0 unspecified atom stereocenters. The fraction of sp³-hybridized carbons (Fsp3) is 0.417. The van der Waals surface area contributed by atoms with Crippen molar-refractivity contribution >= 4 is 17.6 Å². The molecule has 1 aromatic rings. The lowest BCUT2D eigenvalue weighted by atomic mass is 10.1. The number of ether oxygens (including phenoxy) is 1. The molecule has 0 aliphatic heterocycles. The summed E-state index contributed by atoms with van der Waals surface area (Å²) in [7, 11) is 1.64. The van der Waals surface area contributed by atoms with Gasteiger partial charge in [-0.25, -0.2) is 0 Å². The molecule has 1 aromatic carbocycles. The van der Waals surface area contributed by atoms with E-state index in [4.69, 9.17) is 22.1 Å². The minimum Gasteiger partial charge on any atom is -0.383 e. The van der Waals surface area contributed by atoms with Crippen molar-refractivity contribution < 1.29 is 4.74 Å². The van der Waals surface area contributed by atoms with Crippen LogP contribution in [0.1, 0.15) is 5.56 Å². The van der Waals surface area contributed by atoms with Crippen molar-refractivity contribution in [1.82, 2.24) is 5.32 Å². The van der Waals surface area contributed by atoms with E-state index in [9.17, 15) is 0 Å². The van der Waals surface area contributed by atoms with Crippen LogP contribution in [-0.4, -0.2) is 32.8 Å². The van der Waals surface area contributed by atoms with Crippen LogP contribution in [0.5, 0.6) is 0 Å². The number of benzene rings is 1. The van der Waals surface area contributed by atoms with Crippen LogP contribution in [0.15, 0.2) is 29.3 Å². The summed E-state index contributed by atoms with van der Waals surface area (Å²) < 4.78 is 4.87. The van der Waals surface area contributed by atoms with E-state index in [1.165, 1.54) is 5.56 Å². The topological polar surface area (TPSA) is 59.6 Å². The average molecular weight is 256 g/mol. The Morgan fingerprint density at radius 1 is 1.53 bits per heavy atom. The van der Waals surface area contributed by atoms with Crippen molar-refractivity contribution in [2.24, 2.45) is 10.7 Å². The zero-order valence-electron chi connectivity index (χ0n) is 9.95. The maximum absolute atomic E-state index is 5.89. The van der Waals surface area contributed by atoms with E-state index in [0.717, 1.165) is 18.0 Å². The summed E-state index contributed by atoms with van der Waals surface area (Å²) in [4.78, 5) is 4.09. The maximum atomic E-state index is 5.89. The summed E-state index contributed by atoms with van der Waals surface area (Å²) in [5.74, 6) is 0.448. The Morgan fingerprint density at radius 2 is 2.35 bits per heavy atom. The van der Waals surface area contributed by atoms with Gasteiger partial charge < -0.3 is 15.8 Å². The number of nitrogens with two attached hydrogens (primary N) is 1. The van der Waals surface area contributed by atoms with Crippen molar-refractivity contribution in [1.29, 1.82) is 0 Å². The van der Waals surface area contributed by atoms with E-state index in [1.54, 1.807) is 7.11 Å². The Kier molecular flexibility index (Phi) is 6.43. The van der Waals surface area contributed by atoms with E-state index < -0.39 is 0 Å². The van der Waals surface area contributed by atoms with Gasteiger partial charge >= 0.3 is 0 Å². The van der Waals surface area contributed by atoms with Crippen LogP contribution in [0.25, 0.3) is 0 Å². The predicted octanol–water partition coefficient (Wildman–Crippen LogP) is 1.43. The first-order valence-electron chi connectivity index (χ1n) is 5.49. The second-order valence-electron chi connectivity index (χ2n) is 3.57. The van der Waals surface area contributed by atoms with E-state index in [0.29, 0.717) is 19.1 Å². The highest BCUT2D eigenvalue weighted by Gasteiger charge is 1.95. The van der Waals surface area contributed by atoms with Gasteiger partial charge in [0.2, 0.25) is 0 Å². The second kappa shape index (κ2) is 7.92. The molecule has 0 radical (unpaired) electrons. The van der Waals surface area contributed by atoms with E-state index >= 15 is 0 Å². The third-order valence-electron chi connectivity index (χ3n) is 2.19. The van der Waals surface area contributed by atoms with Crippen molar-refractivity contribution in [3.8, 4) is 0 Å². The Bertz CT molecular complexity index is 369. The van der Waals surface area contributed by atoms with Crippen molar-refractivity contribution in [2.45, 2.75) is 6.42 Å². The molecule has 0 aromatic heterocycles. The SMILES string of the molecule is COCCN=C(N)NCCc1cccc(Cl)c1. The highest BCUT2D eigenvalue weighted by Crippen LogP contribution is 2.10. The van der Waals surface area contributed by atoms with Gasteiger partial charge in [-0.2, -0.15) is 0 Å². The predicted molar refractivity (Wildman–Crippen MR) is 71.5 cm³/mol. The molecule has 0 fully saturated rings. The third kappa shape index (κ3) is 6.14. The van der Waals surface area contributed by atoms with Crippen LogP contribution >= 0.6 is 11.6 Å². The number of nitrogens with zero attached hydrogens (tertiary/aromatic N) is 1. The van der Waals surface area contributed by atoms with Crippen LogP contribution in [0.4, 0.5) is 0 Å². The second-order valence-corrected chi connectivity index (χ2v) is 4.00. The van der Waals surface area contributed by atoms with E-state index in [2.05, 4.69) is 10.3 Å². The van der Waals surface area contributed by atoms with Crippen molar-refractivity contribution in [3.63, 3.8) is 0 Å². The number of nitrogens with one attached hydrogen (secondary N) is 1. The van der Waals surface area contributed by atoms with Crippen LogP contribution in [0, 0.1) is 0 Å². The number of methoxy groups -OCH3 is 1. The molecule has 94 valence electrons. The van der Waals surface area contributed by atoms with Crippen LogP contribution in [0.2, 0.25) is 5.02 Å². The Hall–Kier alpha value is -1.26. The molecule has 0 saturated heterocycles. The lowest BCUT2D eigenvalue weighted by Crippen LogP contribution is -2.33. The average Bonchev–Trinajstić information content (AvgIpc) is 2.29. The van der Waals surface area contributed by atoms with Gasteiger partial charge in [-0.3, -0.25) is 4.99 Å². The smallest absolute Gasteiger partial charge is 0.188 e. The van der Waals surface area contributed by atoms with Crippen molar-refractivity contribution in [3.05, 3.63) is 34.9 Å². The quantitative estimate of drug-likeness (QED) is 0.459. The number of hydrogen-bond acceptors (Lipinski definition) is 2. The summed E-state index contributed by atoms with van der Waals surface area (Å²) in [6.45, 7) is 1.89. The molecule has 0 spiro atoms. The van der Waals surface area contributed by atoms with Gasteiger partial charge in [0.25, 0.3) is 0 Å². The van der Waals surface area contributed by atoms with Gasteiger partial charge in [0.1, 0.15) is 0 Å². The highest BCUT2D eigenvalue weighted by molar-refractivity contribution is 6.30. The number of rotatable bonds is 6. The highest BCUT2D eigenvalue weighted by atomic mass is 35.5. The molecule has 0 aliphatic carbocycles. The van der Waals surface area contributed by atoms with E-state index in [1.807, 2.05) is 24.3 Å². The zero-order chi connectivity index (χ0) is 12.5. The Labute approximate surface area is 107 Å². The summed E-state index contributed by atoms with van der Waals surface area (Å²) >= 11 is 5.89. The molecule has 0 saturated carbocycles. The summed E-state index contributed by atoms with van der Waals surface area (Å²) in [5.41, 5.74) is 6.84. The minimum absolute atomic E-state index is 0.448. The molecule has 3 N–H and O–H groups in total. The largest absolute Gasteiger partial charge is 0.383 e. The van der Waals surface area contributed by atoms with Gasteiger partial charge in [-0.05, 0) is 24.1 Å². The van der Waals surface area contributed by atoms with Gasteiger partial charge in [0, 0.05) is 18.7 Å². The van der Waals surface area contributed by atoms with Gasteiger partial charge in [-0.15, -0.1) is 0 Å². The molecule has 0 bridgehead atoms. The van der Waals surface area contributed by atoms with Gasteiger partial charge in [0.05, 0.1) is 13.2 Å². The first-order chi connectivity index (χ1) is 8.22. The third-order valence-corrected chi connectivity index (χ3v) is 2.42. The lowest BCUT2D eigenvalue weighted by Gasteiger charge is -2.06. The molecule has 5 heteroatoms. The maximum Gasteiger partial charge on any atom is 0.188 e. The minimum atomic E-state index is 0.448. The molecule has 0 atom stereocenters. The lowest BCUT2D eigenvalue weighted by molar-refractivity contribution is 0.208. The Balaban J connectivity index is 2.25. The molecular formula is C12H18ClN3O. The molecule has 17 heavy (non-hydrogen) atoms. The molecule has 1 rings (SSSR count). The Morgan fingerprint density at radius 3 is 3.06 bits per heavy atom. The summed E-state index contributed by atoms with van der Waals surface area (Å²) in [6, 6.07) is 7.78.